The fraction of sp³-hybridized carbons (Fsp3) is 0.364. The smallest absolute Gasteiger partial charge is 0.356 e. The highest BCUT2D eigenvalue weighted by Gasteiger charge is 2.34. The Morgan fingerprint density at radius 1 is 1.07 bits per heavy atom. The summed E-state index contributed by atoms with van der Waals surface area (Å²) in [6.45, 7) is 1.40. The first kappa shape index (κ1) is 20.4. The summed E-state index contributed by atoms with van der Waals surface area (Å²) in [6, 6.07) is 8.28. The van der Waals surface area contributed by atoms with E-state index in [1.54, 1.807) is 23.1 Å². The van der Waals surface area contributed by atoms with Gasteiger partial charge >= 0.3 is 6.18 Å². The maximum absolute atomic E-state index is 13.6. The molecule has 1 N–H and O–H groups in total. The van der Waals surface area contributed by atoms with Crippen molar-refractivity contribution in [3.05, 3.63) is 58.9 Å². The van der Waals surface area contributed by atoms with Gasteiger partial charge in [-0.2, -0.15) is 13.2 Å². The zero-order valence-electron chi connectivity index (χ0n) is 16.1. The molecule has 0 saturated carbocycles. The van der Waals surface area contributed by atoms with Gasteiger partial charge in [0.2, 0.25) is 11.8 Å². The van der Waals surface area contributed by atoms with E-state index in [1.165, 1.54) is 6.07 Å². The highest BCUT2D eigenvalue weighted by Crippen LogP contribution is 2.35. The molecule has 1 fully saturated rings. The van der Waals surface area contributed by atoms with Crippen molar-refractivity contribution in [1.29, 1.82) is 0 Å². The van der Waals surface area contributed by atoms with Gasteiger partial charge in [0.25, 0.3) is 0 Å². The summed E-state index contributed by atoms with van der Waals surface area (Å²) < 4.78 is 52.6. The van der Waals surface area contributed by atoms with Crippen molar-refractivity contribution in [2.45, 2.75) is 32.0 Å². The van der Waals surface area contributed by atoms with Gasteiger partial charge in [0.15, 0.2) is 0 Å². The van der Waals surface area contributed by atoms with Crippen LogP contribution in [-0.4, -0.2) is 29.8 Å². The number of alkyl halides is 3. The fourth-order valence-corrected chi connectivity index (χ4v) is 4.10. The number of benzene rings is 2. The summed E-state index contributed by atoms with van der Waals surface area (Å²) in [5, 5.41) is 2.72. The summed E-state index contributed by atoms with van der Waals surface area (Å²) in [4.78, 5) is 26.1. The lowest BCUT2D eigenvalue weighted by Gasteiger charge is -2.33. The Labute approximate surface area is 170 Å². The number of carbonyl (C=O) groups excluding carboxylic acids is 2. The minimum Gasteiger partial charge on any atom is -0.356 e. The van der Waals surface area contributed by atoms with E-state index in [0.29, 0.717) is 43.6 Å². The van der Waals surface area contributed by atoms with E-state index in [0.717, 1.165) is 23.3 Å². The number of carbonyl (C=O) groups is 2. The van der Waals surface area contributed by atoms with Gasteiger partial charge in [0.05, 0.1) is 5.56 Å². The fourth-order valence-electron chi connectivity index (χ4n) is 4.10. The number of hydrogen-bond donors (Lipinski definition) is 1. The van der Waals surface area contributed by atoms with Crippen molar-refractivity contribution >= 4 is 11.8 Å². The Morgan fingerprint density at radius 3 is 2.53 bits per heavy atom. The van der Waals surface area contributed by atoms with E-state index in [-0.39, 0.29) is 24.2 Å². The number of amides is 2. The van der Waals surface area contributed by atoms with Gasteiger partial charge in [-0.15, -0.1) is 0 Å². The van der Waals surface area contributed by atoms with Crippen LogP contribution in [0.4, 0.5) is 17.6 Å². The minimum atomic E-state index is -4.76. The standard InChI is InChI=1S/C22H20F4N2O2/c23-19-4-3-14(10-18(19)22(24,25)26)13-1-2-17-12-28(8-6-15(17)9-13)21(30)16-5-7-27-20(29)11-16/h1-4,9-10,16H,5-8,11-12H2,(H,27,29). The third-order valence-corrected chi connectivity index (χ3v) is 5.73. The molecule has 158 valence electrons. The molecule has 0 aliphatic carbocycles. The van der Waals surface area contributed by atoms with E-state index in [9.17, 15) is 27.2 Å². The number of fused-ring (bicyclic) bond motifs is 1. The monoisotopic (exact) mass is 420 g/mol. The van der Waals surface area contributed by atoms with Crippen LogP contribution in [0.5, 0.6) is 0 Å². The van der Waals surface area contributed by atoms with Crippen LogP contribution in [-0.2, 0) is 28.7 Å². The normalized spacial score (nSPS) is 19.3. The average molecular weight is 420 g/mol. The van der Waals surface area contributed by atoms with Crippen molar-refractivity contribution in [3.8, 4) is 11.1 Å². The zero-order valence-corrected chi connectivity index (χ0v) is 16.1. The molecule has 2 aliphatic heterocycles. The molecule has 1 atom stereocenters. The predicted molar refractivity (Wildman–Crippen MR) is 102 cm³/mol. The van der Waals surface area contributed by atoms with Gasteiger partial charge < -0.3 is 10.2 Å². The molecular formula is C22H20F4N2O2. The largest absolute Gasteiger partial charge is 0.419 e. The lowest BCUT2D eigenvalue weighted by Crippen LogP contribution is -2.44. The van der Waals surface area contributed by atoms with Crippen molar-refractivity contribution < 1.29 is 27.2 Å². The van der Waals surface area contributed by atoms with Crippen LogP contribution < -0.4 is 5.32 Å². The van der Waals surface area contributed by atoms with E-state index >= 15 is 0 Å². The SMILES string of the molecule is O=C1CC(C(=O)N2CCc3cc(-c4ccc(F)c(C(F)(F)F)c4)ccc3C2)CCN1. The Balaban J connectivity index is 1.54. The first-order valence-corrected chi connectivity index (χ1v) is 9.77. The Morgan fingerprint density at radius 2 is 1.80 bits per heavy atom. The minimum absolute atomic E-state index is 0.0343. The number of piperidine rings is 1. The summed E-state index contributed by atoms with van der Waals surface area (Å²) in [6.07, 6.45) is -3.36. The molecule has 0 bridgehead atoms. The third-order valence-electron chi connectivity index (χ3n) is 5.73. The zero-order chi connectivity index (χ0) is 21.5. The van der Waals surface area contributed by atoms with Crippen LogP contribution in [0.15, 0.2) is 36.4 Å². The van der Waals surface area contributed by atoms with Gasteiger partial charge in [-0.3, -0.25) is 9.59 Å². The second-order valence-electron chi connectivity index (χ2n) is 7.73. The molecule has 4 rings (SSSR count). The lowest BCUT2D eigenvalue weighted by atomic mass is 9.91. The highest BCUT2D eigenvalue weighted by molar-refractivity contribution is 5.87. The molecule has 30 heavy (non-hydrogen) atoms. The van der Waals surface area contributed by atoms with E-state index in [1.807, 2.05) is 0 Å². The van der Waals surface area contributed by atoms with Crippen molar-refractivity contribution in [2.24, 2.45) is 5.92 Å². The van der Waals surface area contributed by atoms with Crippen LogP contribution in [0.1, 0.15) is 29.5 Å². The Bertz CT molecular complexity index is 1000. The molecule has 2 amide bonds. The third kappa shape index (κ3) is 4.04. The summed E-state index contributed by atoms with van der Waals surface area (Å²) >= 11 is 0. The lowest BCUT2D eigenvalue weighted by molar-refractivity contribution is -0.141. The molecule has 0 spiro atoms. The molecule has 2 aliphatic rings. The number of rotatable bonds is 2. The van der Waals surface area contributed by atoms with Crippen molar-refractivity contribution in [1.82, 2.24) is 10.2 Å². The van der Waals surface area contributed by atoms with Gasteiger partial charge in [-0.05, 0) is 47.2 Å². The molecule has 0 aromatic heterocycles. The topological polar surface area (TPSA) is 49.4 Å². The molecule has 0 radical (unpaired) electrons. The van der Waals surface area contributed by atoms with Crippen LogP contribution in [0.3, 0.4) is 0 Å². The summed E-state index contributed by atoms with van der Waals surface area (Å²) in [7, 11) is 0. The molecule has 1 saturated heterocycles. The number of hydrogen-bond acceptors (Lipinski definition) is 2. The second-order valence-corrected chi connectivity index (χ2v) is 7.73. The maximum Gasteiger partial charge on any atom is 0.419 e. The molecule has 2 aromatic rings. The molecule has 2 aromatic carbocycles. The second kappa shape index (κ2) is 7.74. The predicted octanol–water partition coefficient (Wildman–Crippen LogP) is 3.92. The van der Waals surface area contributed by atoms with Crippen molar-refractivity contribution in [3.63, 3.8) is 0 Å². The molecule has 8 heteroatoms. The van der Waals surface area contributed by atoms with Crippen LogP contribution in [0.2, 0.25) is 0 Å². The molecular weight excluding hydrogens is 400 g/mol. The molecule has 2 heterocycles. The van der Waals surface area contributed by atoms with E-state index < -0.39 is 17.6 Å². The molecule has 4 nitrogen and oxygen atoms in total. The van der Waals surface area contributed by atoms with Crippen LogP contribution in [0, 0.1) is 11.7 Å². The maximum atomic E-state index is 13.6. The van der Waals surface area contributed by atoms with Gasteiger partial charge in [0.1, 0.15) is 5.82 Å². The summed E-state index contributed by atoms with van der Waals surface area (Å²) in [5.41, 5.74) is 1.46. The number of halogens is 4. The summed E-state index contributed by atoms with van der Waals surface area (Å²) in [5.74, 6) is -1.75. The molecule has 1 unspecified atom stereocenters. The Kier molecular flexibility index (Phi) is 5.26. The van der Waals surface area contributed by atoms with E-state index in [4.69, 9.17) is 0 Å². The van der Waals surface area contributed by atoms with Gasteiger partial charge in [-0.25, -0.2) is 4.39 Å². The highest BCUT2D eigenvalue weighted by atomic mass is 19.4. The van der Waals surface area contributed by atoms with E-state index in [2.05, 4.69) is 5.32 Å². The number of nitrogens with one attached hydrogen (secondary N) is 1. The Hall–Kier alpha value is -2.90. The first-order valence-electron chi connectivity index (χ1n) is 9.77. The van der Waals surface area contributed by atoms with Crippen LogP contribution in [0.25, 0.3) is 11.1 Å². The number of nitrogens with zero attached hydrogens (tertiary/aromatic N) is 1. The van der Waals surface area contributed by atoms with Gasteiger partial charge in [-0.1, -0.05) is 24.3 Å². The first-order chi connectivity index (χ1) is 14.2. The van der Waals surface area contributed by atoms with Crippen molar-refractivity contribution in [2.75, 3.05) is 13.1 Å². The van der Waals surface area contributed by atoms with Gasteiger partial charge in [0, 0.05) is 32.0 Å². The van der Waals surface area contributed by atoms with Crippen LogP contribution >= 0.6 is 0 Å². The average Bonchev–Trinajstić information content (AvgIpc) is 2.72. The quantitative estimate of drug-likeness (QED) is 0.749.